The lowest BCUT2D eigenvalue weighted by Gasteiger charge is -2.16. The highest BCUT2D eigenvalue weighted by Crippen LogP contribution is 2.53. The molecular formula is C13H12ClFO4. The highest BCUT2D eigenvalue weighted by molar-refractivity contribution is 6.32. The maximum absolute atomic E-state index is 14.3. The lowest BCUT2D eigenvalue weighted by atomic mass is 9.95. The molecule has 0 unspecified atom stereocenters. The van der Waals surface area contributed by atoms with Crippen molar-refractivity contribution in [2.24, 2.45) is 0 Å². The highest BCUT2D eigenvalue weighted by atomic mass is 35.5. The summed E-state index contributed by atoms with van der Waals surface area (Å²) in [6.45, 7) is 0.837. The fourth-order valence-corrected chi connectivity index (χ4v) is 2.56. The first-order valence-electron chi connectivity index (χ1n) is 6.08. The second-order valence-electron chi connectivity index (χ2n) is 4.82. The molecule has 1 heterocycles. The van der Waals surface area contributed by atoms with Crippen LogP contribution in [-0.4, -0.2) is 24.3 Å². The molecule has 0 atom stereocenters. The van der Waals surface area contributed by atoms with E-state index in [-0.39, 0.29) is 16.3 Å². The van der Waals surface area contributed by atoms with E-state index in [1.54, 1.807) is 0 Å². The third-order valence-electron chi connectivity index (χ3n) is 3.60. The van der Waals surface area contributed by atoms with Crippen molar-refractivity contribution < 1.29 is 23.8 Å². The van der Waals surface area contributed by atoms with Crippen molar-refractivity contribution in [2.45, 2.75) is 24.7 Å². The number of hydrogen-bond acceptors (Lipinski definition) is 3. The average Bonchev–Trinajstić information content (AvgIpc) is 3.17. The molecule has 6 heteroatoms. The van der Waals surface area contributed by atoms with Gasteiger partial charge in [0.15, 0.2) is 11.5 Å². The van der Waals surface area contributed by atoms with E-state index in [2.05, 4.69) is 0 Å². The van der Waals surface area contributed by atoms with Gasteiger partial charge in [-0.1, -0.05) is 11.6 Å². The van der Waals surface area contributed by atoms with Gasteiger partial charge < -0.3 is 14.6 Å². The Morgan fingerprint density at radius 2 is 2.05 bits per heavy atom. The molecule has 0 spiro atoms. The van der Waals surface area contributed by atoms with Gasteiger partial charge in [-0.15, -0.1) is 0 Å². The van der Waals surface area contributed by atoms with Gasteiger partial charge in [-0.3, -0.25) is 4.79 Å². The predicted octanol–water partition coefficient (Wildman–Crippen LogP) is 2.76. The van der Waals surface area contributed by atoms with E-state index in [0.29, 0.717) is 38.2 Å². The van der Waals surface area contributed by atoms with Gasteiger partial charge in [-0.2, -0.15) is 0 Å². The smallest absolute Gasteiger partial charge is 0.314 e. The molecule has 1 saturated carbocycles. The molecule has 1 fully saturated rings. The second-order valence-corrected chi connectivity index (χ2v) is 5.20. The number of halogens is 2. The Balaban J connectivity index is 2.15. The van der Waals surface area contributed by atoms with Crippen LogP contribution < -0.4 is 9.47 Å². The summed E-state index contributed by atoms with van der Waals surface area (Å²) in [5.74, 6) is -1.25. The number of hydrogen-bond donors (Lipinski definition) is 1. The van der Waals surface area contributed by atoms with Crippen molar-refractivity contribution in [2.75, 3.05) is 13.2 Å². The molecule has 1 aliphatic carbocycles. The van der Waals surface area contributed by atoms with Crippen molar-refractivity contribution in [1.82, 2.24) is 0 Å². The maximum atomic E-state index is 14.3. The molecule has 1 aliphatic heterocycles. The Hall–Kier alpha value is -1.49. The number of aliphatic carboxylic acids is 1. The Kier molecular flexibility index (Phi) is 2.82. The topological polar surface area (TPSA) is 55.8 Å². The summed E-state index contributed by atoms with van der Waals surface area (Å²) < 4.78 is 25.1. The third-order valence-corrected chi connectivity index (χ3v) is 3.93. The Morgan fingerprint density at radius 3 is 2.68 bits per heavy atom. The number of fused-ring (bicyclic) bond motifs is 1. The van der Waals surface area contributed by atoms with Crippen LogP contribution in [0.15, 0.2) is 6.07 Å². The van der Waals surface area contributed by atoms with Crippen LogP contribution in [0.3, 0.4) is 0 Å². The standard InChI is InChI=1S/C13H12ClFO4/c14-9-10(15)7(13(2-3-13)12(16)17)6-8-11(9)19-5-1-4-18-8/h6H,1-5H2,(H,16,17). The Morgan fingerprint density at radius 1 is 1.37 bits per heavy atom. The molecule has 0 aromatic heterocycles. The molecule has 1 N–H and O–H groups in total. The zero-order valence-electron chi connectivity index (χ0n) is 10.0. The molecule has 0 bridgehead atoms. The van der Waals surface area contributed by atoms with Crippen LogP contribution in [0.1, 0.15) is 24.8 Å². The Labute approximate surface area is 114 Å². The molecule has 0 amide bonds. The predicted molar refractivity (Wildman–Crippen MR) is 65.6 cm³/mol. The second kappa shape index (κ2) is 4.27. The third kappa shape index (κ3) is 1.84. The van der Waals surface area contributed by atoms with Gasteiger partial charge in [0.2, 0.25) is 0 Å². The highest BCUT2D eigenvalue weighted by Gasteiger charge is 2.54. The zero-order chi connectivity index (χ0) is 13.6. The van der Waals surface area contributed by atoms with Crippen molar-refractivity contribution in [1.29, 1.82) is 0 Å². The summed E-state index contributed by atoms with van der Waals surface area (Å²) in [7, 11) is 0. The minimum absolute atomic E-state index is 0.0919. The summed E-state index contributed by atoms with van der Waals surface area (Å²) in [4.78, 5) is 11.3. The summed E-state index contributed by atoms with van der Waals surface area (Å²) in [5, 5.41) is 9.06. The van der Waals surface area contributed by atoms with E-state index < -0.39 is 17.2 Å². The SMILES string of the molecule is O=C(O)C1(c2cc3c(c(Cl)c2F)OCCCO3)CC1. The minimum Gasteiger partial charge on any atom is -0.489 e. The first-order chi connectivity index (χ1) is 9.06. The molecule has 0 saturated heterocycles. The van der Waals surface area contributed by atoms with E-state index >= 15 is 0 Å². The normalized spacial score (nSPS) is 19.7. The number of carboxylic acids is 1. The van der Waals surface area contributed by atoms with Gasteiger partial charge in [0.05, 0.1) is 18.6 Å². The molecule has 1 aromatic rings. The number of benzene rings is 1. The quantitative estimate of drug-likeness (QED) is 0.908. The van der Waals surface area contributed by atoms with Crippen LogP contribution in [0.2, 0.25) is 5.02 Å². The molecule has 3 rings (SSSR count). The van der Waals surface area contributed by atoms with Gasteiger partial charge in [0, 0.05) is 12.0 Å². The monoisotopic (exact) mass is 286 g/mol. The molecule has 0 radical (unpaired) electrons. The summed E-state index contributed by atoms with van der Waals surface area (Å²) in [5.41, 5.74) is -1.06. The number of ether oxygens (including phenoxy) is 2. The number of rotatable bonds is 2. The van der Waals surface area contributed by atoms with E-state index in [1.807, 2.05) is 0 Å². The first-order valence-corrected chi connectivity index (χ1v) is 6.45. The van der Waals surface area contributed by atoms with Crippen LogP contribution in [0, 0.1) is 5.82 Å². The summed E-state index contributed by atoms with van der Waals surface area (Å²) >= 11 is 5.95. The van der Waals surface area contributed by atoms with Gasteiger partial charge in [-0.05, 0) is 18.9 Å². The van der Waals surface area contributed by atoms with Crippen LogP contribution in [0.25, 0.3) is 0 Å². The largest absolute Gasteiger partial charge is 0.489 e. The average molecular weight is 287 g/mol. The Bertz CT molecular complexity index is 554. The van der Waals surface area contributed by atoms with Gasteiger partial charge in [-0.25, -0.2) is 4.39 Å². The van der Waals surface area contributed by atoms with Crippen LogP contribution in [0.5, 0.6) is 11.5 Å². The number of carbonyl (C=O) groups is 1. The van der Waals surface area contributed by atoms with Crippen molar-refractivity contribution in [3.63, 3.8) is 0 Å². The molecule has 102 valence electrons. The van der Waals surface area contributed by atoms with Gasteiger partial charge in [0.1, 0.15) is 10.8 Å². The molecular weight excluding hydrogens is 275 g/mol. The molecule has 4 nitrogen and oxygen atoms in total. The van der Waals surface area contributed by atoms with Gasteiger partial charge in [0.25, 0.3) is 0 Å². The minimum atomic E-state index is -1.15. The van der Waals surface area contributed by atoms with Crippen molar-refractivity contribution >= 4 is 17.6 Å². The summed E-state index contributed by atoms with van der Waals surface area (Å²) in [6.07, 6.45) is 1.50. The molecule has 2 aliphatic rings. The van der Waals surface area contributed by atoms with E-state index in [0.717, 1.165) is 0 Å². The zero-order valence-corrected chi connectivity index (χ0v) is 10.8. The molecule has 1 aromatic carbocycles. The van der Waals surface area contributed by atoms with Crippen LogP contribution in [-0.2, 0) is 10.2 Å². The van der Waals surface area contributed by atoms with Crippen molar-refractivity contribution in [3.05, 3.63) is 22.5 Å². The van der Waals surface area contributed by atoms with Crippen LogP contribution >= 0.6 is 11.6 Å². The van der Waals surface area contributed by atoms with E-state index in [9.17, 15) is 14.3 Å². The van der Waals surface area contributed by atoms with Gasteiger partial charge >= 0.3 is 5.97 Å². The first kappa shape index (κ1) is 12.5. The van der Waals surface area contributed by atoms with Crippen molar-refractivity contribution in [3.8, 4) is 11.5 Å². The summed E-state index contributed by atoms with van der Waals surface area (Å²) in [6, 6.07) is 1.42. The lowest BCUT2D eigenvalue weighted by molar-refractivity contribution is -0.140. The van der Waals surface area contributed by atoms with E-state index in [4.69, 9.17) is 21.1 Å². The fourth-order valence-electron chi connectivity index (χ4n) is 2.31. The van der Waals surface area contributed by atoms with Crippen LogP contribution in [0.4, 0.5) is 4.39 Å². The fraction of sp³-hybridized carbons (Fsp3) is 0.462. The maximum Gasteiger partial charge on any atom is 0.314 e. The molecule has 19 heavy (non-hydrogen) atoms. The number of carboxylic acid groups (broad SMARTS) is 1. The lowest BCUT2D eigenvalue weighted by Crippen LogP contribution is -2.21. The van der Waals surface area contributed by atoms with E-state index in [1.165, 1.54) is 6.07 Å².